The van der Waals surface area contributed by atoms with Crippen LogP contribution in [0.5, 0.6) is 0 Å². The summed E-state index contributed by atoms with van der Waals surface area (Å²) in [5.74, 6) is 4.63. The van der Waals surface area contributed by atoms with Crippen LogP contribution in [0.3, 0.4) is 0 Å². The van der Waals surface area contributed by atoms with Crippen molar-refractivity contribution >= 4 is 11.9 Å². The number of aliphatic hydroxyl groups is 2. The standard InChI is InChI=1S/7C6H14.C5H10O3.C5H12O.C4H8O2.6CH4/c7*1-4-6(3)5-2;1-2-4(6)3-5(7)8;1-3-5(6)4-2;1-3(2)4(5)6;;;;;;/h7*6H,4-5H2,1-3H3;4,6H,2-3H2,1H3,(H,7,8);5-6H,3-4H2,1-2H3;3H,1-2H3,(H,5,6);6*1H4. The van der Waals surface area contributed by atoms with Crippen LogP contribution in [-0.2, 0) is 9.59 Å². The van der Waals surface area contributed by atoms with Gasteiger partial charge in [0.05, 0.1) is 24.5 Å². The van der Waals surface area contributed by atoms with E-state index >= 15 is 0 Å². The van der Waals surface area contributed by atoms with Gasteiger partial charge in [0.1, 0.15) is 0 Å². The zero-order valence-electron chi connectivity index (χ0n) is 48.1. The molecule has 1 atom stereocenters. The van der Waals surface area contributed by atoms with E-state index in [2.05, 4.69) is 145 Å². The fourth-order valence-electron chi connectivity index (χ4n) is 2.66. The quantitative estimate of drug-likeness (QED) is 0.0966. The Bertz CT molecular complexity index is 576. The summed E-state index contributed by atoms with van der Waals surface area (Å²) in [6.45, 7) is 56.2. The normalized spacial score (nSPS) is 9.43. The topological polar surface area (TPSA) is 115 Å². The number of aliphatic carboxylic acids is 2. The van der Waals surface area contributed by atoms with Gasteiger partial charge in [-0.1, -0.05) is 314 Å². The highest BCUT2D eigenvalue weighted by Crippen LogP contribution is 2.06. The molecule has 6 nitrogen and oxygen atoms in total. The molecule has 0 fully saturated rings. The number of hydrogen-bond acceptors (Lipinski definition) is 4. The van der Waals surface area contributed by atoms with Gasteiger partial charge in [0.25, 0.3) is 0 Å². The van der Waals surface area contributed by atoms with Gasteiger partial charge in [-0.15, -0.1) is 0 Å². The van der Waals surface area contributed by atoms with Crippen LogP contribution in [0.15, 0.2) is 0 Å². The van der Waals surface area contributed by atoms with E-state index in [-0.39, 0.29) is 63.0 Å². The molecule has 0 aromatic heterocycles. The van der Waals surface area contributed by atoms with E-state index in [0.29, 0.717) is 6.42 Å². The second kappa shape index (κ2) is 99.2. The smallest absolute Gasteiger partial charge is 0.305 e. The van der Waals surface area contributed by atoms with Crippen molar-refractivity contribution in [3.8, 4) is 0 Å². The summed E-state index contributed by atoms with van der Waals surface area (Å²) >= 11 is 0. The second-order valence-electron chi connectivity index (χ2n) is 18.1. The molecule has 0 aromatic carbocycles. The van der Waals surface area contributed by atoms with Crippen molar-refractivity contribution in [1.29, 1.82) is 0 Å². The molecule has 436 valence electrons. The predicted molar refractivity (Wildman–Crippen MR) is 326 cm³/mol. The zero-order chi connectivity index (χ0) is 51.7. The molecular weight excluding hydrogens is 841 g/mol. The maximum absolute atomic E-state index is 9.81. The average Bonchev–Trinajstić information content (AvgIpc) is 3.30. The molecule has 0 saturated heterocycles. The molecule has 0 radical (unpaired) electrons. The second-order valence-corrected chi connectivity index (χ2v) is 18.1. The first-order valence-corrected chi connectivity index (χ1v) is 26.6. The van der Waals surface area contributed by atoms with Crippen LogP contribution in [0.4, 0.5) is 0 Å². The van der Waals surface area contributed by atoms with Crippen molar-refractivity contribution < 1.29 is 30.0 Å². The first kappa shape index (κ1) is 112. The lowest BCUT2D eigenvalue weighted by Gasteiger charge is -2.00. The average molecular weight is 994 g/mol. The molecule has 6 heteroatoms. The number of rotatable bonds is 20. The Morgan fingerprint density at radius 1 is 0.279 bits per heavy atom. The Hall–Kier alpha value is -1.14. The Balaban J connectivity index is -0.0000000313. The van der Waals surface area contributed by atoms with Gasteiger partial charge in [0, 0.05) is 0 Å². The minimum atomic E-state index is -0.945. The van der Waals surface area contributed by atoms with Gasteiger partial charge < -0.3 is 20.4 Å². The highest BCUT2D eigenvalue weighted by atomic mass is 16.4. The van der Waals surface area contributed by atoms with Crippen molar-refractivity contribution in [3.63, 3.8) is 0 Å². The minimum Gasteiger partial charge on any atom is -0.481 e. The summed E-state index contributed by atoms with van der Waals surface area (Å²) in [5, 5.41) is 33.4. The van der Waals surface area contributed by atoms with Crippen LogP contribution in [0.1, 0.15) is 340 Å². The van der Waals surface area contributed by atoms with Crippen molar-refractivity contribution in [1.82, 2.24) is 0 Å². The van der Waals surface area contributed by atoms with E-state index in [1.165, 1.54) is 89.9 Å². The first-order valence-electron chi connectivity index (χ1n) is 26.6. The maximum Gasteiger partial charge on any atom is 0.305 e. The summed E-state index contributed by atoms with van der Waals surface area (Å²) in [6.07, 6.45) is 20.0. The Labute approximate surface area is 440 Å². The highest BCUT2D eigenvalue weighted by Gasteiger charge is 2.04. The summed E-state index contributed by atoms with van der Waals surface area (Å²) in [4.78, 5) is 19.5. The molecule has 68 heavy (non-hydrogen) atoms. The molecule has 4 N–H and O–H groups in total. The van der Waals surface area contributed by atoms with E-state index in [1.54, 1.807) is 20.8 Å². The van der Waals surface area contributed by atoms with Crippen LogP contribution < -0.4 is 0 Å². The lowest BCUT2D eigenvalue weighted by Crippen LogP contribution is -2.10. The lowest BCUT2D eigenvalue weighted by molar-refractivity contribution is -0.141. The minimum absolute atomic E-state index is 0. The highest BCUT2D eigenvalue weighted by molar-refractivity contribution is 5.68. The van der Waals surface area contributed by atoms with Crippen LogP contribution in [0.25, 0.3) is 0 Å². The van der Waals surface area contributed by atoms with Gasteiger partial charge in [-0.05, 0) is 60.7 Å². The van der Waals surface area contributed by atoms with Gasteiger partial charge in [-0.2, -0.15) is 0 Å². The number of hydrogen-bond donors (Lipinski definition) is 4. The van der Waals surface area contributed by atoms with Gasteiger partial charge in [0.15, 0.2) is 0 Å². The molecule has 0 heterocycles. The zero-order valence-corrected chi connectivity index (χ0v) is 48.1. The third-order valence-electron chi connectivity index (χ3n) is 12.1. The summed E-state index contributed by atoms with van der Waals surface area (Å²) in [6, 6.07) is 0. The first-order chi connectivity index (χ1) is 28.8. The van der Waals surface area contributed by atoms with Crippen molar-refractivity contribution in [2.24, 2.45) is 47.3 Å². The number of carboxylic acid groups (broad SMARTS) is 2. The van der Waals surface area contributed by atoms with E-state index in [4.69, 9.17) is 20.4 Å². The van der Waals surface area contributed by atoms with E-state index in [0.717, 1.165) is 54.3 Å². The molecule has 0 aliphatic rings. The monoisotopic (exact) mass is 993 g/mol. The third kappa shape index (κ3) is 158. The largest absolute Gasteiger partial charge is 0.481 e. The Morgan fingerprint density at radius 3 is 0.412 bits per heavy atom. The summed E-state index contributed by atoms with van der Waals surface area (Å²) in [7, 11) is 0. The lowest BCUT2D eigenvalue weighted by atomic mass is 10.1. The Kier molecular flexibility index (Phi) is 163. The van der Waals surface area contributed by atoms with E-state index in [1.807, 2.05) is 13.8 Å². The van der Waals surface area contributed by atoms with Crippen LogP contribution >= 0.6 is 0 Å². The molecule has 0 saturated carbocycles. The Morgan fingerprint density at radius 2 is 0.397 bits per heavy atom. The number of carbonyl (C=O) groups is 2. The summed E-state index contributed by atoms with van der Waals surface area (Å²) in [5.41, 5.74) is 0. The van der Waals surface area contributed by atoms with Crippen molar-refractivity contribution in [2.45, 2.75) is 352 Å². The van der Waals surface area contributed by atoms with Crippen LogP contribution in [0.2, 0.25) is 0 Å². The molecule has 0 spiro atoms. The van der Waals surface area contributed by atoms with Crippen LogP contribution in [-0.4, -0.2) is 44.6 Å². The van der Waals surface area contributed by atoms with Crippen molar-refractivity contribution in [2.75, 3.05) is 0 Å². The summed E-state index contributed by atoms with van der Waals surface area (Å²) < 4.78 is 0. The SMILES string of the molecule is C.C.C.C.C.C.CC(C)C(=O)O.CCC(C)CC.CCC(C)CC.CCC(C)CC.CCC(C)CC.CCC(C)CC.CCC(C)CC.CCC(C)CC.CCC(O)CC.CCC(O)CC(=O)O. The van der Waals surface area contributed by atoms with E-state index < -0.39 is 18.0 Å². The molecule has 0 rings (SSSR count). The fourth-order valence-corrected chi connectivity index (χ4v) is 2.66. The van der Waals surface area contributed by atoms with Gasteiger partial charge >= 0.3 is 11.9 Å². The molecule has 0 amide bonds. The molecule has 1 unspecified atom stereocenters. The van der Waals surface area contributed by atoms with E-state index in [9.17, 15) is 9.59 Å². The van der Waals surface area contributed by atoms with Gasteiger partial charge in [-0.3, -0.25) is 9.59 Å². The van der Waals surface area contributed by atoms with Crippen molar-refractivity contribution in [3.05, 3.63) is 0 Å². The van der Waals surface area contributed by atoms with Crippen LogP contribution in [0, 0.1) is 47.3 Å². The predicted octanol–water partition coefficient (Wildman–Crippen LogP) is 23.0. The number of carboxylic acids is 2. The molecule has 0 aromatic rings. The molecule has 0 aliphatic carbocycles. The third-order valence-corrected chi connectivity index (χ3v) is 12.1. The van der Waals surface area contributed by atoms with Gasteiger partial charge in [0.2, 0.25) is 0 Å². The molecule has 0 bridgehead atoms. The molecule has 0 aliphatic heterocycles. The number of aliphatic hydroxyl groups excluding tert-OH is 2. The van der Waals surface area contributed by atoms with Gasteiger partial charge in [-0.25, -0.2) is 0 Å². The fraction of sp³-hybridized carbons (Fsp3) is 0.968. The maximum atomic E-state index is 9.81. The molecular formula is C62H152O6.